The van der Waals surface area contributed by atoms with Crippen molar-refractivity contribution in [2.45, 2.75) is 19.4 Å². The molecular formula is C14H16BrN3O. The molecule has 5 heteroatoms. The molecule has 0 amide bonds. The van der Waals surface area contributed by atoms with Crippen LogP contribution >= 0.6 is 15.9 Å². The lowest BCUT2D eigenvalue weighted by Crippen LogP contribution is -2.14. The van der Waals surface area contributed by atoms with Gasteiger partial charge in [0, 0.05) is 16.9 Å². The molecule has 2 heterocycles. The van der Waals surface area contributed by atoms with Gasteiger partial charge in [-0.15, -0.1) is 0 Å². The predicted molar refractivity (Wildman–Crippen MR) is 78.0 cm³/mol. The number of hydrogen-bond donors (Lipinski definition) is 1. The van der Waals surface area contributed by atoms with Crippen molar-refractivity contribution < 1.29 is 4.74 Å². The van der Waals surface area contributed by atoms with Gasteiger partial charge in [-0.3, -0.25) is 9.97 Å². The van der Waals surface area contributed by atoms with E-state index in [1.54, 1.807) is 18.6 Å². The third kappa shape index (κ3) is 3.75. The maximum Gasteiger partial charge on any atom is 0.137 e. The summed E-state index contributed by atoms with van der Waals surface area (Å²) in [4.78, 5) is 8.47. The Bertz CT molecular complexity index is 530. The molecule has 2 aromatic rings. The summed E-state index contributed by atoms with van der Waals surface area (Å²) in [6.45, 7) is 2.74. The molecule has 4 nitrogen and oxygen atoms in total. The van der Waals surface area contributed by atoms with Crippen molar-refractivity contribution in [1.29, 1.82) is 0 Å². The van der Waals surface area contributed by atoms with Crippen LogP contribution in [0.15, 0.2) is 41.3 Å². The zero-order valence-corrected chi connectivity index (χ0v) is 12.3. The van der Waals surface area contributed by atoms with Crippen molar-refractivity contribution in [2.75, 3.05) is 6.61 Å². The number of hydrogen-bond acceptors (Lipinski definition) is 4. The van der Waals surface area contributed by atoms with Gasteiger partial charge in [-0.05, 0) is 46.1 Å². The lowest BCUT2D eigenvalue weighted by atomic mass is 10.1. The number of nitrogens with zero attached hydrogens (tertiary/aromatic N) is 2. The van der Waals surface area contributed by atoms with Crippen LogP contribution in [0, 0.1) is 0 Å². The first-order valence-electron chi connectivity index (χ1n) is 6.15. The molecule has 0 spiro atoms. The van der Waals surface area contributed by atoms with Gasteiger partial charge >= 0.3 is 0 Å². The van der Waals surface area contributed by atoms with Gasteiger partial charge in [0.15, 0.2) is 0 Å². The number of halogens is 1. The largest absolute Gasteiger partial charge is 0.492 e. The summed E-state index contributed by atoms with van der Waals surface area (Å²) in [5, 5.41) is 0. The molecule has 0 aliphatic rings. The molecule has 0 aromatic carbocycles. The quantitative estimate of drug-likeness (QED) is 0.919. The summed E-state index contributed by atoms with van der Waals surface area (Å²) < 4.78 is 6.49. The van der Waals surface area contributed by atoms with Crippen molar-refractivity contribution in [3.63, 3.8) is 0 Å². The standard InChI is InChI=1S/C14H16BrN3O/c1-2-5-19-12-6-10(7-17-9-12)14(16)13-4-3-11(15)8-18-13/h3-4,6-9,14H,2,5,16H2,1H3. The van der Waals surface area contributed by atoms with Gasteiger partial charge in [0.2, 0.25) is 0 Å². The number of rotatable bonds is 5. The fraction of sp³-hybridized carbons (Fsp3) is 0.286. The molecule has 2 aromatic heterocycles. The van der Waals surface area contributed by atoms with Gasteiger partial charge in [-0.1, -0.05) is 6.92 Å². The van der Waals surface area contributed by atoms with Crippen LogP contribution in [-0.4, -0.2) is 16.6 Å². The minimum atomic E-state index is -0.300. The monoisotopic (exact) mass is 321 g/mol. The van der Waals surface area contributed by atoms with Gasteiger partial charge in [0.25, 0.3) is 0 Å². The average molecular weight is 322 g/mol. The van der Waals surface area contributed by atoms with E-state index in [2.05, 4.69) is 32.8 Å². The fourth-order valence-electron chi connectivity index (χ4n) is 1.65. The van der Waals surface area contributed by atoms with Gasteiger partial charge in [0.1, 0.15) is 5.75 Å². The first-order chi connectivity index (χ1) is 9.20. The third-order valence-electron chi connectivity index (χ3n) is 2.64. The summed E-state index contributed by atoms with van der Waals surface area (Å²) in [6, 6.07) is 5.43. The van der Waals surface area contributed by atoms with Crippen LogP contribution in [0.3, 0.4) is 0 Å². The lowest BCUT2D eigenvalue weighted by Gasteiger charge is -2.12. The van der Waals surface area contributed by atoms with Crippen LogP contribution < -0.4 is 10.5 Å². The summed E-state index contributed by atoms with van der Waals surface area (Å²) in [5.74, 6) is 0.743. The molecule has 0 saturated heterocycles. The Hall–Kier alpha value is -1.46. The summed E-state index contributed by atoms with van der Waals surface area (Å²) in [6.07, 6.45) is 6.14. The predicted octanol–water partition coefficient (Wildman–Crippen LogP) is 3.08. The summed E-state index contributed by atoms with van der Waals surface area (Å²) in [5.41, 5.74) is 7.89. The highest BCUT2D eigenvalue weighted by Gasteiger charge is 2.11. The number of pyridine rings is 2. The Morgan fingerprint density at radius 1 is 1.32 bits per heavy atom. The fourth-order valence-corrected chi connectivity index (χ4v) is 1.88. The lowest BCUT2D eigenvalue weighted by molar-refractivity contribution is 0.315. The number of aromatic nitrogens is 2. The Balaban J connectivity index is 2.18. The molecule has 19 heavy (non-hydrogen) atoms. The minimum Gasteiger partial charge on any atom is -0.492 e. The molecule has 0 aliphatic heterocycles. The van der Waals surface area contributed by atoms with Crippen molar-refractivity contribution in [3.05, 3.63) is 52.5 Å². The van der Waals surface area contributed by atoms with Crippen molar-refractivity contribution in [3.8, 4) is 5.75 Å². The van der Waals surface area contributed by atoms with Crippen molar-refractivity contribution in [1.82, 2.24) is 9.97 Å². The number of ether oxygens (including phenoxy) is 1. The molecule has 1 unspecified atom stereocenters. The molecule has 0 fully saturated rings. The number of nitrogens with two attached hydrogens (primary N) is 1. The second kappa shape index (κ2) is 6.63. The van der Waals surface area contributed by atoms with Gasteiger partial charge in [0.05, 0.1) is 24.5 Å². The molecule has 100 valence electrons. The molecular weight excluding hydrogens is 306 g/mol. The first kappa shape index (κ1) is 14.0. The molecule has 0 aliphatic carbocycles. The Morgan fingerprint density at radius 2 is 2.16 bits per heavy atom. The van der Waals surface area contributed by atoms with Crippen molar-refractivity contribution >= 4 is 15.9 Å². The van der Waals surface area contributed by atoms with E-state index in [0.717, 1.165) is 27.9 Å². The highest BCUT2D eigenvalue weighted by atomic mass is 79.9. The maximum atomic E-state index is 6.19. The third-order valence-corrected chi connectivity index (χ3v) is 3.10. The van der Waals surface area contributed by atoms with E-state index in [0.29, 0.717) is 6.61 Å². The topological polar surface area (TPSA) is 61.0 Å². The highest BCUT2D eigenvalue weighted by molar-refractivity contribution is 9.10. The summed E-state index contributed by atoms with van der Waals surface area (Å²) in [7, 11) is 0. The van der Waals surface area contributed by atoms with E-state index in [1.165, 1.54) is 0 Å². The van der Waals surface area contributed by atoms with Gasteiger partial charge < -0.3 is 10.5 Å². The van der Waals surface area contributed by atoms with E-state index in [9.17, 15) is 0 Å². The zero-order valence-electron chi connectivity index (χ0n) is 10.7. The van der Waals surface area contributed by atoms with E-state index in [4.69, 9.17) is 10.5 Å². The van der Waals surface area contributed by atoms with Crippen LogP contribution in [0.5, 0.6) is 5.75 Å². The van der Waals surface area contributed by atoms with Gasteiger partial charge in [-0.2, -0.15) is 0 Å². The average Bonchev–Trinajstić information content (AvgIpc) is 2.45. The van der Waals surface area contributed by atoms with Crippen LogP contribution in [0.4, 0.5) is 0 Å². The molecule has 1 atom stereocenters. The smallest absolute Gasteiger partial charge is 0.137 e. The Kier molecular flexibility index (Phi) is 4.87. The van der Waals surface area contributed by atoms with Crippen LogP contribution in [0.25, 0.3) is 0 Å². The molecule has 2 N–H and O–H groups in total. The Morgan fingerprint density at radius 3 is 2.84 bits per heavy atom. The second-order valence-corrected chi connectivity index (χ2v) is 5.10. The normalized spacial score (nSPS) is 12.2. The first-order valence-corrected chi connectivity index (χ1v) is 6.94. The summed E-state index contributed by atoms with van der Waals surface area (Å²) >= 11 is 3.36. The molecule has 2 rings (SSSR count). The van der Waals surface area contributed by atoms with E-state index >= 15 is 0 Å². The highest BCUT2D eigenvalue weighted by Crippen LogP contribution is 2.21. The van der Waals surface area contributed by atoms with Crippen molar-refractivity contribution in [2.24, 2.45) is 5.73 Å². The molecule has 0 bridgehead atoms. The van der Waals surface area contributed by atoms with E-state index in [-0.39, 0.29) is 6.04 Å². The SMILES string of the molecule is CCCOc1cncc(C(N)c2ccc(Br)cn2)c1. The minimum absolute atomic E-state index is 0.300. The Labute approximate surface area is 121 Å². The van der Waals surface area contributed by atoms with Crippen LogP contribution in [0.1, 0.15) is 30.6 Å². The molecule has 0 radical (unpaired) electrons. The maximum absolute atomic E-state index is 6.19. The van der Waals surface area contributed by atoms with E-state index < -0.39 is 0 Å². The van der Waals surface area contributed by atoms with E-state index in [1.807, 2.05) is 18.2 Å². The second-order valence-electron chi connectivity index (χ2n) is 4.18. The zero-order chi connectivity index (χ0) is 13.7. The van der Waals surface area contributed by atoms with Gasteiger partial charge in [-0.25, -0.2) is 0 Å². The van der Waals surface area contributed by atoms with Crippen LogP contribution in [0.2, 0.25) is 0 Å². The molecule has 0 saturated carbocycles. The van der Waals surface area contributed by atoms with Crippen LogP contribution in [-0.2, 0) is 0 Å².